The van der Waals surface area contributed by atoms with Crippen LogP contribution in [0.1, 0.15) is 22.7 Å². The minimum atomic E-state index is -0.188. The third-order valence-corrected chi connectivity index (χ3v) is 4.70. The highest BCUT2D eigenvalue weighted by Crippen LogP contribution is 2.34. The second kappa shape index (κ2) is 7.81. The van der Waals surface area contributed by atoms with E-state index in [1.807, 2.05) is 48.5 Å². The quantitative estimate of drug-likeness (QED) is 0.660. The molecule has 0 spiro atoms. The van der Waals surface area contributed by atoms with Crippen LogP contribution < -0.4 is 15.4 Å². The number of hydrogen-bond donors (Lipinski definition) is 3. The molecule has 2 aromatic carbocycles. The van der Waals surface area contributed by atoms with Gasteiger partial charge in [-0.3, -0.25) is 4.79 Å². The predicted octanol–water partition coefficient (Wildman–Crippen LogP) is 3.10. The number of rotatable bonds is 4. The Morgan fingerprint density at radius 2 is 2.04 bits per heavy atom. The number of halogens is 1. The highest BCUT2D eigenvalue weighted by Gasteiger charge is 2.29. The van der Waals surface area contributed by atoms with Crippen molar-refractivity contribution in [3.05, 3.63) is 65.4 Å². The Hall–Kier alpha value is -2.50. The second-order valence-corrected chi connectivity index (χ2v) is 6.30. The topological polar surface area (TPSA) is 66.2 Å². The van der Waals surface area contributed by atoms with E-state index in [0.29, 0.717) is 13.2 Å². The molecular weight excluding hydrogens is 350 g/mol. The van der Waals surface area contributed by atoms with Gasteiger partial charge >= 0.3 is 0 Å². The molecule has 3 aromatic rings. The fraction of sp³-hybridized carbons (Fsp3) is 0.250. The average Bonchev–Trinajstić information content (AvgIpc) is 3.04. The van der Waals surface area contributed by atoms with Gasteiger partial charge in [0.25, 0.3) is 0 Å². The van der Waals surface area contributed by atoms with Crippen LogP contribution >= 0.6 is 12.4 Å². The molecule has 0 fully saturated rings. The first-order valence-electron chi connectivity index (χ1n) is 8.50. The fourth-order valence-electron chi connectivity index (χ4n) is 3.46. The number of carbonyl (C=O) groups excluding carboxylic acids is 1. The SMILES string of the molecule is CNC(=O)[C@@H]1CNCc2[nH]c3ccc(OCc4ccccc4)cc3c21.Cl. The molecule has 0 radical (unpaired) electrons. The molecule has 26 heavy (non-hydrogen) atoms. The van der Waals surface area contributed by atoms with E-state index in [9.17, 15) is 4.79 Å². The van der Waals surface area contributed by atoms with E-state index in [0.717, 1.165) is 40.0 Å². The van der Waals surface area contributed by atoms with Crippen molar-refractivity contribution >= 4 is 29.2 Å². The zero-order valence-corrected chi connectivity index (χ0v) is 15.4. The van der Waals surface area contributed by atoms with Crippen molar-refractivity contribution in [2.45, 2.75) is 19.1 Å². The van der Waals surface area contributed by atoms with Crippen LogP contribution in [0.4, 0.5) is 0 Å². The van der Waals surface area contributed by atoms with Gasteiger partial charge in [-0.15, -0.1) is 12.4 Å². The summed E-state index contributed by atoms with van der Waals surface area (Å²) in [7, 11) is 1.68. The number of benzene rings is 2. The predicted molar refractivity (Wildman–Crippen MR) is 105 cm³/mol. The molecular formula is C20H22ClN3O2. The van der Waals surface area contributed by atoms with Crippen molar-refractivity contribution in [1.82, 2.24) is 15.6 Å². The normalized spacial score (nSPS) is 15.8. The van der Waals surface area contributed by atoms with Crippen LogP contribution in [0.25, 0.3) is 10.9 Å². The first-order valence-corrected chi connectivity index (χ1v) is 8.50. The summed E-state index contributed by atoms with van der Waals surface area (Å²) in [4.78, 5) is 15.7. The smallest absolute Gasteiger partial charge is 0.228 e. The van der Waals surface area contributed by atoms with E-state index in [-0.39, 0.29) is 24.2 Å². The van der Waals surface area contributed by atoms with Crippen LogP contribution in [0, 0.1) is 0 Å². The second-order valence-electron chi connectivity index (χ2n) is 6.30. The maximum absolute atomic E-state index is 12.3. The Morgan fingerprint density at radius 1 is 1.23 bits per heavy atom. The molecule has 0 bridgehead atoms. The van der Waals surface area contributed by atoms with Crippen LogP contribution in [-0.4, -0.2) is 24.5 Å². The third kappa shape index (κ3) is 3.41. The molecule has 1 aromatic heterocycles. The molecule has 0 saturated carbocycles. The molecule has 136 valence electrons. The van der Waals surface area contributed by atoms with Gasteiger partial charge in [0.15, 0.2) is 0 Å². The summed E-state index contributed by atoms with van der Waals surface area (Å²) in [5.41, 5.74) is 4.33. The van der Waals surface area contributed by atoms with Gasteiger partial charge in [-0.05, 0) is 29.3 Å². The number of amides is 1. The van der Waals surface area contributed by atoms with Gasteiger partial charge in [-0.1, -0.05) is 30.3 Å². The summed E-state index contributed by atoms with van der Waals surface area (Å²) < 4.78 is 5.95. The van der Waals surface area contributed by atoms with Crippen molar-refractivity contribution in [1.29, 1.82) is 0 Å². The number of nitrogens with one attached hydrogen (secondary N) is 3. The highest BCUT2D eigenvalue weighted by atomic mass is 35.5. The zero-order valence-electron chi connectivity index (χ0n) is 14.5. The molecule has 0 unspecified atom stereocenters. The lowest BCUT2D eigenvalue weighted by atomic mass is 9.92. The van der Waals surface area contributed by atoms with Gasteiger partial charge in [0.05, 0.1) is 5.92 Å². The zero-order chi connectivity index (χ0) is 17.2. The molecule has 1 aliphatic heterocycles. The number of fused-ring (bicyclic) bond motifs is 3. The maximum Gasteiger partial charge on any atom is 0.228 e. The van der Waals surface area contributed by atoms with Gasteiger partial charge in [0.1, 0.15) is 12.4 Å². The Bertz CT molecular complexity index is 908. The Balaban J connectivity index is 0.00000196. The largest absolute Gasteiger partial charge is 0.489 e. The van der Waals surface area contributed by atoms with E-state index in [4.69, 9.17) is 4.74 Å². The van der Waals surface area contributed by atoms with E-state index in [2.05, 4.69) is 15.6 Å². The summed E-state index contributed by atoms with van der Waals surface area (Å²) in [6, 6.07) is 16.1. The summed E-state index contributed by atoms with van der Waals surface area (Å²) in [6.07, 6.45) is 0. The van der Waals surface area contributed by atoms with E-state index in [1.165, 1.54) is 0 Å². The van der Waals surface area contributed by atoms with Crippen molar-refractivity contribution in [3.63, 3.8) is 0 Å². The number of hydrogen-bond acceptors (Lipinski definition) is 3. The van der Waals surface area contributed by atoms with E-state index < -0.39 is 0 Å². The molecule has 4 rings (SSSR count). The highest BCUT2D eigenvalue weighted by molar-refractivity contribution is 5.94. The molecule has 1 amide bonds. The molecule has 1 aliphatic rings. The van der Waals surface area contributed by atoms with E-state index in [1.54, 1.807) is 7.05 Å². The summed E-state index contributed by atoms with van der Waals surface area (Å²) in [6.45, 7) is 1.92. The molecule has 3 N–H and O–H groups in total. The molecule has 0 saturated heterocycles. The lowest BCUT2D eigenvalue weighted by Crippen LogP contribution is -2.37. The number of H-pyrrole nitrogens is 1. The van der Waals surface area contributed by atoms with E-state index >= 15 is 0 Å². The summed E-state index contributed by atoms with van der Waals surface area (Å²) in [5.74, 6) is 0.657. The van der Waals surface area contributed by atoms with Crippen LogP contribution in [-0.2, 0) is 17.9 Å². The van der Waals surface area contributed by atoms with Gasteiger partial charge in [-0.2, -0.15) is 0 Å². The van der Waals surface area contributed by atoms with Crippen molar-refractivity contribution in [3.8, 4) is 5.75 Å². The minimum Gasteiger partial charge on any atom is -0.489 e. The number of ether oxygens (including phenoxy) is 1. The Morgan fingerprint density at radius 3 is 2.81 bits per heavy atom. The minimum absolute atomic E-state index is 0. The van der Waals surface area contributed by atoms with Gasteiger partial charge < -0.3 is 20.4 Å². The maximum atomic E-state index is 12.3. The van der Waals surface area contributed by atoms with Crippen LogP contribution in [0.15, 0.2) is 48.5 Å². The fourth-order valence-corrected chi connectivity index (χ4v) is 3.46. The molecule has 5 nitrogen and oxygen atoms in total. The summed E-state index contributed by atoms with van der Waals surface area (Å²) >= 11 is 0. The number of aromatic nitrogens is 1. The Labute approximate surface area is 158 Å². The standard InChI is InChI=1S/C20H21N3O2.ClH/c1-21-20(24)16-10-22-11-18-19(16)15-9-14(7-8-17(15)23-18)25-12-13-5-3-2-4-6-13;/h2-9,16,22-23H,10-12H2,1H3,(H,21,24);1H/t16-;/m1./s1. The van der Waals surface area contributed by atoms with Crippen molar-refractivity contribution in [2.75, 3.05) is 13.6 Å². The average molecular weight is 372 g/mol. The number of likely N-dealkylation sites (N-methyl/N-ethyl adjacent to an activating group) is 1. The van der Waals surface area contributed by atoms with Crippen molar-refractivity contribution < 1.29 is 9.53 Å². The van der Waals surface area contributed by atoms with Crippen LogP contribution in [0.3, 0.4) is 0 Å². The monoisotopic (exact) mass is 371 g/mol. The number of aromatic amines is 1. The first kappa shape index (κ1) is 18.3. The Kier molecular flexibility index (Phi) is 5.49. The lowest BCUT2D eigenvalue weighted by molar-refractivity contribution is -0.122. The van der Waals surface area contributed by atoms with Gasteiger partial charge in [-0.25, -0.2) is 0 Å². The van der Waals surface area contributed by atoms with Crippen molar-refractivity contribution in [2.24, 2.45) is 0 Å². The van der Waals surface area contributed by atoms with Gasteiger partial charge in [0.2, 0.25) is 5.91 Å². The summed E-state index contributed by atoms with van der Waals surface area (Å²) in [5, 5.41) is 7.14. The molecule has 2 heterocycles. The first-order chi connectivity index (χ1) is 12.3. The third-order valence-electron chi connectivity index (χ3n) is 4.70. The lowest BCUT2D eigenvalue weighted by Gasteiger charge is -2.22. The molecule has 6 heteroatoms. The van der Waals surface area contributed by atoms with Crippen LogP contribution in [0.2, 0.25) is 0 Å². The number of carbonyl (C=O) groups is 1. The van der Waals surface area contributed by atoms with Gasteiger partial charge in [0, 0.05) is 36.7 Å². The molecule has 0 aliphatic carbocycles. The van der Waals surface area contributed by atoms with Crippen LogP contribution in [0.5, 0.6) is 5.75 Å². The molecule has 1 atom stereocenters.